The molecule has 71 heavy (non-hydrogen) atoms. The summed E-state index contributed by atoms with van der Waals surface area (Å²) in [6.45, 7) is 6.45. The molecule has 0 aromatic heterocycles. The summed E-state index contributed by atoms with van der Waals surface area (Å²) in [6, 6.07) is 0. The summed E-state index contributed by atoms with van der Waals surface area (Å²) in [5.41, 5.74) is 0. The summed E-state index contributed by atoms with van der Waals surface area (Å²) >= 11 is 0. The van der Waals surface area contributed by atoms with E-state index in [9.17, 15) is 14.4 Å². The van der Waals surface area contributed by atoms with Gasteiger partial charge in [0, 0.05) is 19.3 Å². The first-order valence-electron chi connectivity index (χ1n) is 29.7. The molecule has 406 valence electrons. The van der Waals surface area contributed by atoms with Gasteiger partial charge < -0.3 is 14.2 Å². The summed E-state index contributed by atoms with van der Waals surface area (Å²) in [5.74, 6) is -0.990. The van der Waals surface area contributed by atoms with Crippen LogP contribution < -0.4 is 0 Å². The van der Waals surface area contributed by atoms with Crippen LogP contribution in [0.25, 0.3) is 0 Å². The summed E-state index contributed by atoms with van der Waals surface area (Å²) in [4.78, 5) is 38.2. The van der Waals surface area contributed by atoms with Crippen LogP contribution in [-0.4, -0.2) is 37.2 Å². The number of carbonyl (C=O) groups is 3. The summed E-state index contributed by atoms with van der Waals surface area (Å²) in [5, 5.41) is 0. The standard InChI is InChI=1S/C65H110O6/c1-4-7-10-13-16-19-22-25-28-31-32-35-37-40-43-46-49-52-55-58-64(67)70-61-62(71-65(68)59-56-53-50-47-44-41-38-34-30-27-24-21-18-15-12-9-6-3)60-69-63(66)57-54-51-48-45-42-39-36-33-29-26-23-20-17-14-11-8-5-2/h7,10,16-17,19-20,25-26,28-29,32,35,40,43,49,52,62H,4-6,8-9,11-15,18,21-24,27,30-31,33-34,36-39,41-42,44-48,50-51,53-61H2,1-3H3/b10-7-,19-16-,20-17-,28-25-,29-26-,35-32-,43-40-,52-49-/t62-/m0/s1. The third kappa shape index (κ3) is 57.1. The largest absolute Gasteiger partial charge is 0.462 e. The van der Waals surface area contributed by atoms with Gasteiger partial charge in [0.25, 0.3) is 0 Å². The van der Waals surface area contributed by atoms with E-state index in [0.717, 1.165) is 89.9 Å². The van der Waals surface area contributed by atoms with E-state index in [2.05, 4.69) is 112 Å². The Bertz CT molecular complexity index is 1410. The van der Waals surface area contributed by atoms with Gasteiger partial charge in [0.2, 0.25) is 0 Å². The molecule has 0 aliphatic heterocycles. The Labute approximate surface area is 438 Å². The zero-order valence-electron chi connectivity index (χ0n) is 46.5. The Morgan fingerprint density at radius 1 is 0.296 bits per heavy atom. The Kier molecular flexibility index (Phi) is 55.9. The van der Waals surface area contributed by atoms with Crippen molar-refractivity contribution in [3.05, 3.63) is 97.2 Å². The van der Waals surface area contributed by atoms with Crippen LogP contribution in [-0.2, 0) is 28.6 Å². The third-order valence-corrected chi connectivity index (χ3v) is 12.6. The van der Waals surface area contributed by atoms with Gasteiger partial charge in [-0.2, -0.15) is 0 Å². The second-order valence-electron chi connectivity index (χ2n) is 19.5. The molecule has 0 spiro atoms. The maximum atomic E-state index is 12.9. The van der Waals surface area contributed by atoms with Crippen molar-refractivity contribution in [3.8, 4) is 0 Å². The summed E-state index contributed by atoms with van der Waals surface area (Å²) in [6.07, 6.45) is 78.4. The summed E-state index contributed by atoms with van der Waals surface area (Å²) < 4.78 is 16.8. The molecule has 0 saturated carbocycles. The lowest BCUT2D eigenvalue weighted by Crippen LogP contribution is -2.30. The molecule has 0 rings (SSSR count). The van der Waals surface area contributed by atoms with Crippen LogP contribution in [0.15, 0.2) is 97.2 Å². The molecule has 0 aromatic rings. The lowest BCUT2D eigenvalue weighted by atomic mass is 10.0. The first kappa shape index (κ1) is 67.3. The minimum absolute atomic E-state index is 0.103. The predicted molar refractivity (Wildman–Crippen MR) is 307 cm³/mol. The van der Waals surface area contributed by atoms with E-state index in [4.69, 9.17) is 14.2 Å². The Hall–Kier alpha value is -3.67. The van der Waals surface area contributed by atoms with Gasteiger partial charge in [0.1, 0.15) is 13.2 Å². The van der Waals surface area contributed by atoms with Gasteiger partial charge in [-0.25, -0.2) is 0 Å². The van der Waals surface area contributed by atoms with E-state index < -0.39 is 6.10 Å². The molecule has 0 saturated heterocycles. The van der Waals surface area contributed by atoms with Gasteiger partial charge in [0.05, 0.1) is 0 Å². The van der Waals surface area contributed by atoms with Crippen LogP contribution in [0.1, 0.15) is 278 Å². The zero-order chi connectivity index (χ0) is 51.4. The highest BCUT2D eigenvalue weighted by Gasteiger charge is 2.19. The maximum absolute atomic E-state index is 12.9. The number of carbonyl (C=O) groups excluding carboxylic acids is 3. The third-order valence-electron chi connectivity index (χ3n) is 12.6. The maximum Gasteiger partial charge on any atom is 0.306 e. The normalized spacial score (nSPS) is 12.8. The minimum Gasteiger partial charge on any atom is -0.462 e. The number of hydrogen-bond donors (Lipinski definition) is 0. The molecule has 0 bridgehead atoms. The van der Waals surface area contributed by atoms with Crippen LogP contribution in [0.4, 0.5) is 0 Å². The molecular formula is C65H110O6. The lowest BCUT2D eigenvalue weighted by molar-refractivity contribution is -0.166. The van der Waals surface area contributed by atoms with Crippen molar-refractivity contribution in [2.45, 2.75) is 284 Å². The highest BCUT2D eigenvalue weighted by atomic mass is 16.6. The smallest absolute Gasteiger partial charge is 0.306 e. The molecule has 0 amide bonds. The minimum atomic E-state index is -0.811. The Balaban J connectivity index is 4.50. The average Bonchev–Trinajstić information content (AvgIpc) is 3.37. The molecule has 0 N–H and O–H groups in total. The number of unbranched alkanes of at least 4 members (excludes halogenated alkanes) is 26. The second-order valence-corrected chi connectivity index (χ2v) is 19.5. The first-order valence-corrected chi connectivity index (χ1v) is 29.7. The van der Waals surface area contributed by atoms with E-state index in [0.29, 0.717) is 19.3 Å². The van der Waals surface area contributed by atoms with Crippen molar-refractivity contribution in [1.29, 1.82) is 0 Å². The molecule has 0 unspecified atom stereocenters. The van der Waals surface area contributed by atoms with Crippen LogP contribution in [0.5, 0.6) is 0 Å². The van der Waals surface area contributed by atoms with Crippen LogP contribution in [0.2, 0.25) is 0 Å². The highest BCUT2D eigenvalue weighted by Crippen LogP contribution is 2.16. The molecule has 0 fully saturated rings. The molecular weight excluding hydrogens is 877 g/mol. The molecule has 0 aromatic carbocycles. The average molecular weight is 988 g/mol. The van der Waals surface area contributed by atoms with Crippen LogP contribution in [0, 0.1) is 0 Å². The van der Waals surface area contributed by atoms with Gasteiger partial charge in [-0.05, 0) is 89.9 Å². The molecule has 0 radical (unpaired) electrons. The van der Waals surface area contributed by atoms with E-state index in [1.807, 2.05) is 6.08 Å². The molecule has 0 aliphatic rings. The summed E-state index contributed by atoms with van der Waals surface area (Å²) in [7, 11) is 0. The van der Waals surface area contributed by atoms with E-state index >= 15 is 0 Å². The van der Waals surface area contributed by atoms with Gasteiger partial charge in [0.15, 0.2) is 6.10 Å². The van der Waals surface area contributed by atoms with Crippen molar-refractivity contribution in [2.24, 2.45) is 0 Å². The zero-order valence-corrected chi connectivity index (χ0v) is 46.5. The molecule has 1 atom stereocenters. The number of rotatable bonds is 53. The Morgan fingerprint density at radius 3 is 0.972 bits per heavy atom. The van der Waals surface area contributed by atoms with Crippen LogP contribution in [0.3, 0.4) is 0 Å². The van der Waals surface area contributed by atoms with E-state index in [-0.39, 0.29) is 37.5 Å². The van der Waals surface area contributed by atoms with E-state index in [1.54, 1.807) is 0 Å². The molecule has 0 aliphatic carbocycles. The van der Waals surface area contributed by atoms with Crippen molar-refractivity contribution in [1.82, 2.24) is 0 Å². The lowest BCUT2D eigenvalue weighted by Gasteiger charge is -2.18. The fourth-order valence-electron chi connectivity index (χ4n) is 8.15. The topological polar surface area (TPSA) is 78.9 Å². The second kappa shape index (κ2) is 58.9. The van der Waals surface area contributed by atoms with Gasteiger partial charge in [-0.15, -0.1) is 0 Å². The number of ether oxygens (including phenoxy) is 3. The molecule has 6 heteroatoms. The SMILES string of the molecule is CC/C=C\C/C=C\C/C=C\C/C=C\C/C=C\C/C=C\CCC(=O)OC[C@H](COC(=O)CCCCCCCCC/C=C\C/C=C\CCCCC)OC(=O)CCCCCCCCCCCCCCCCCCC. The Morgan fingerprint density at radius 2 is 0.577 bits per heavy atom. The van der Waals surface area contributed by atoms with Gasteiger partial charge in [-0.1, -0.05) is 266 Å². The quantitative estimate of drug-likeness (QED) is 0.0261. The number of allylic oxidation sites excluding steroid dienone is 16. The first-order chi connectivity index (χ1) is 35.0. The van der Waals surface area contributed by atoms with Crippen molar-refractivity contribution < 1.29 is 28.6 Å². The monoisotopic (exact) mass is 987 g/mol. The van der Waals surface area contributed by atoms with E-state index in [1.165, 1.54) is 141 Å². The van der Waals surface area contributed by atoms with Crippen LogP contribution >= 0.6 is 0 Å². The van der Waals surface area contributed by atoms with Crippen molar-refractivity contribution in [3.63, 3.8) is 0 Å². The van der Waals surface area contributed by atoms with Gasteiger partial charge >= 0.3 is 17.9 Å². The highest BCUT2D eigenvalue weighted by molar-refractivity contribution is 5.71. The predicted octanol–water partition coefficient (Wildman–Crippen LogP) is 20.1. The number of esters is 3. The molecule has 6 nitrogen and oxygen atoms in total. The fraction of sp³-hybridized carbons (Fsp3) is 0.708. The van der Waals surface area contributed by atoms with Crippen molar-refractivity contribution >= 4 is 17.9 Å². The van der Waals surface area contributed by atoms with Gasteiger partial charge in [-0.3, -0.25) is 14.4 Å². The fourth-order valence-corrected chi connectivity index (χ4v) is 8.15. The number of hydrogen-bond acceptors (Lipinski definition) is 6. The van der Waals surface area contributed by atoms with Crippen molar-refractivity contribution in [2.75, 3.05) is 13.2 Å². The molecule has 0 heterocycles.